The number of hydrogen-bond donors (Lipinski definition) is 9. The summed E-state index contributed by atoms with van der Waals surface area (Å²) in [6.07, 6.45) is 3.50. The zero-order valence-electron chi connectivity index (χ0n) is 42.2. The molecule has 7 rings (SSSR count). The summed E-state index contributed by atoms with van der Waals surface area (Å²) in [5, 5.41) is 40.7. The number of nitrogens with zero attached hydrogens (tertiary/aromatic N) is 3. The van der Waals surface area contributed by atoms with Gasteiger partial charge in [0.25, 0.3) is 6.47 Å². The molecule has 73 heavy (non-hydrogen) atoms. The minimum absolute atomic E-state index is 0. The third kappa shape index (κ3) is 25.6. The smallest absolute Gasteiger partial charge is 1.00 e. The molecule has 0 fully saturated rings. The molecule has 4 heterocycles. The van der Waals surface area contributed by atoms with Crippen molar-refractivity contribution < 1.29 is 163 Å². The Kier molecular flexibility index (Phi) is 34.4. The van der Waals surface area contributed by atoms with Crippen molar-refractivity contribution in [2.24, 2.45) is 0 Å². The molecule has 0 saturated heterocycles. The number of aromatic hydroxyl groups is 3. The molecular formula is C45H52Cl3K2N9O12S2. The van der Waals surface area contributed by atoms with Crippen LogP contribution in [0.1, 0.15) is 33.6 Å². The van der Waals surface area contributed by atoms with Crippen LogP contribution in [0.15, 0.2) is 84.3 Å². The van der Waals surface area contributed by atoms with Crippen LogP contribution in [-0.2, 0) is 24.1 Å². The number of aryl methyl sites for hydroxylation is 2. The standard InChI is InChI=1S/C17H18N4O3S.C10H12ClNO3.C7H7N3S.C7H9NO2.C3H4Cl2O.CH2O3.2K.H/c1-9-6-12-13(8-18-9)21-17(20-12)25-10(2)16(23)19-11-4-5-15(24-3)14(22)7-11;1-6(11)10(14)12-7-3-4-9(15-2)8(13)5-7;1-4-2-5-6(3-8-4)10-7(11)9-5;1-10-7-3-2-5(8)4-6(7)9;1-2(4)3(5)6;2-1-4-3;;;/h4-8,10,22H,1-3H3,(H,19,23)(H,20,21);3-6,13H,1-2H3,(H,12,14);2-3H,1H3,(H2,9,10,11);2-4,9H,8H2,1H3;2H,1H3;1,3H;;;/q;;;;;;2*+1;-1/p-1. The summed E-state index contributed by atoms with van der Waals surface area (Å²) in [5.41, 5.74) is 12.4. The van der Waals surface area contributed by atoms with Crippen molar-refractivity contribution in [1.29, 1.82) is 0 Å². The largest absolute Gasteiger partial charge is 1.00 e. The summed E-state index contributed by atoms with van der Waals surface area (Å²) in [6, 6.07) is 17.9. The number of halogens is 3. The molecule has 21 nitrogen and oxygen atoms in total. The number of carbonyl (C=O) groups is 4. The minimum Gasteiger partial charge on any atom is -1.00 e. The van der Waals surface area contributed by atoms with Gasteiger partial charge in [-0.2, -0.15) is 0 Å². The van der Waals surface area contributed by atoms with Gasteiger partial charge in [-0.25, -0.2) is 4.98 Å². The number of methoxy groups -OCH3 is 3. The van der Waals surface area contributed by atoms with Crippen molar-refractivity contribution in [2.75, 3.05) is 37.7 Å². The van der Waals surface area contributed by atoms with Crippen LogP contribution in [0.2, 0.25) is 0 Å². The molecule has 7 aromatic rings. The number of phenolic OH excluding ortho intramolecular Hbond substituents is 3. The summed E-state index contributed by atoms with van der Waals surface area (Å²) in [5.74, 6) is 0.652. The van der Waals surface area contributed by atoms with E-state index in [-0.39, 0.29) is 145 Å². The van der Waals surface area contributed by atoms with E-state index in [2.05, 4.69) is 45.4 Å². The summed E-state index contributed by atoms with van der Waals surface area (Å²) in [7, 11) is 4.41. The number of anilines is 3. The van der Waals surface area contributed by atoms with Crippen LogP contribution in [0.4, 0.5) is 17.1 Å². The fourth-order valence-corrected chi connectivity index (χ4v) is 6.13. The van der Waals surface area contributed by atoms with Gasteiger partial charge in [0.1, 0.15) is 10.8 Å². The van der Waals surface area contributed by atoms with E-state index in [4.69, 9.17) is 82.1 Å². The number of rotatable bonds is 11. The molecule has 384 valence electrons. The van der Waals surface area contributed by atoms with Crippen LogP contribution in [0.25, 0.3) is 22.1 Å². The normalized spacial score (nSPS) is 10.9. The number of thioether (sulfide) groups is 1. The van der Waals surface area contributed by atoms with Crippen LogP contribution in [0.3, 0.4) is 0 Å². The predicted molar refractivity (Wildman–Crippen MR) is 275 cm³/mol. The number of hydrogen-bond acceptors (Lipinski definition) is 18. The molecule has 3 unspecified atom stereocenters. The van der Waals surface area contributed by atoms with Gasteiger partial charge in [0.15, 0.2) is 44.4 Å². The number of nitrogens with one attached hydrogen (secondary N) is 5. The van der Waals surface area contributed by atoms with Gasteiger partial charge in [-0.3, -0.25) is 29.1 Å². The van der Waals surface area contributed by atoms with Crippen LogP contribution in [0, 0.1) is 18.6 Å². The molecule has 0 aliphatic carbocycles. The van der Waals surface area contributed by atoms with Crippen molar-refractivity contribution in [3.05, 3.63) is 95.3 Å². The van der Waals surface area contributed by atoms with Crippen molar-refractivity contribution >= 4 is 121 Å². The summed E-state index contributed by atoms with van der Waals surface area (Å²) < 4.78 is 15.3. The van der Waals surface area contributed by atoms with Gasteiger partial charge in [-0.05, 0) is 107 Å². The molecular weight excluding hydrogens is 1110 g/mol. The summed E-state index contributed by atoms with van der Waals surface area (Å²) in [6.45, 7) is 8.56. The molecule has 0 radical (unpaired) electrons. The van der Waals surface area contributed by atoms with Gasteiger partial charge in [0, 0.05) is 46.6 Å². The number of alkyl halides is 2. The number of benzene rings is 3. The molecule has 0 saturated carbocycles. The quantitative estimate of drug-likeness (QED) is 0.0103. The second kappa shape index (κ2) is 36.3. The Hall–Kier alpha value is -3.75. The first-order valence-electron chi connectivity index (χ1n) is 20.3. The first kappa shape index (κ1) is 69.3. The van der Waals surface area contributed by atoms with Gasteiger partial charge in [-0.15, -0.1) is 23.2 Å². The van der Waals surface area contributed by atoms with Gasteiger partial charge < -0.3 is 72.4 Å². The maximum Gasteiger partial charge on any atom is 1.00 e. The van der Waals surface area contributed by atoms with Gasteiger partial charge in [0.05, 0.1) is 61.0 Å². The molecule has 0 bridgehead atoms. The van der Waals surface area contributed by atoms with E-state index < -0.39 is 16.0 Å². The molecule has 10 N–H and O–H groups in total. The molecule has 0 aliphatic rings. The fourth-order valence-electron chi connectivity index (χ4n) is 5.03. The molecule has 28 heteroatoms. The number of ether oxygens (including phenoxy) is 3. The van der Waals surface area contributed by atoms with E-state index in [1.54, 1.807) is 62.6 Å². The van der Waals surface area contributed by atoms with E-state index in [0.29, 0.717) is 44.2 Å². The number of pyridine rings is 2. The van der Waals surface area contributed by atoms with Crippen molar-refractivity contribution in [2.45, 2.75) is 55.8 Å². The monoisotopic (exact) mass is 1160 g/mol. The Morgan fingerprint density at radius 3 is 1.62 bits per heavy atom. The predicted octanol–water partition coefficient (Wildman–Crippen LogP) is 1.91. The third-order valence-corrected chi connectivity index (χ3v) is 10.5. The molecule has 3 atom stereocenters. The molecule has 0 aliphatic heterocycles. The van der Waals surface area contributed by atoms with Crippen LogP contribution < -0.4 is 139 Å². The number of aromatic amines is 3. The first-order valence-corrected chi connectivity index (χ1v) is 22.8. The number of H-pyrrole nitrogens is 3. The molecule has 2 amide bonds. The maximum atomic E-state index is 12.4. The first-order chi connectivity index (χ1) is 33.5. The maximum absolute atomic E-state index is 12.4. The second-order valence-electron chi connectivity index (χ2n) is 14.0. The van der Waals surface area contributed by atoms with Crippen molar-refractivity contribution in [1.82, 2.24) is 29.9 Å². The van der Waals surface area contributed by atoms with Gasteiger partial charge in [0.2, 0.25) is 17.1 Å². The van der Waals surface area contributed by atoms with Gasteiger partial charge in [-0.1, -0.05) is 11.8 Å². The topological polar surface area (TPSA) is 325 Å². The Labute approximate surface area is 530 Å². The molecule has 3 aromatic carbocycles. The van der Waals surface area contributed by atoms with Crippen molar-refractivity contribution in [3.63, 3.8) is 0 Å². The number of nitrogens with two attached hydrogens (primary N) is 1. The molecule has 4 aromatic heterocycles. The Morgan fingerprint density at radius 2 is 1.18 bits per heavy atom. The van der Waals surface area contributed by atoms with E-state index in [0.717, 1.165) is 33.5 Å². The number of nitrogen functional groups attached to an aromatic ring is 1. The number of fused-ring (bicyclic) bond motifs is 2. The zero-order chi connectivity index (χ0) is 53.4. The number of amides is 2. The van der Waals surface area contributed by atoms with Crippen molar-refractivity contribution in [3.8, 4) is 34.5 Å². The zero-order valence-corrected chi connectivity index (χ0v) is 51.3. The van der Waals surface area contributed by atoms with E-state index >= 15 is 0 Å². The number of carbonyl (C=O) groups excluding carboxylic acids is 4. The van der Waals surface area contributed by atoms with E-state index in [1.165, 1.54) is 58.2 Å². The van der Waals surface area contributed by atoms with Crippen LogP contribution in [-0.4, -0.2) is 106 Å². The Bertz CT molecular complexity index is 2920. The Morgan fingerprint density at radius 1 is 0.740 bits per heavy atom. The number of aromatic nitrogens is 6. The Balaban J connectivity index is 0. The fraction of sp³-hybridized carbons (Fsp3) is 0.244. The van der Waals surface area contributed by atoms with E-state index in [9.17, 15) is 24.6 Å². The number of phenols is 3. The van der Waals surface area contributed by atoms with Crippen LogP contribution in [0.5, 0.6) is 34.5 Å². The second-order valence-corrected chi connectivity index (χ2v) is 17.4. The minimum atomic E-state index is -0.616. The summed E-state index contributed by atoms with van der Waals surface area (Å²) >= 11 is 21.8. The average Bonchev–Trinajstić information content (AvgIpc) is 3.90. The van der Waals surface area contributed by atoms with E-state index in [1.807, 2.05) is 26.0 Å². The van der Waals surface area contributed by atoms with Crippen LogP contribution >= 0.6 is 58.8 Å². The SMILES string of the molecule is CC(Cl)C(=O)Cl.COc1ccc(N)cc1O.COc1ccc(NC(=O)C(C)Cl)cc1O.COc1ccc(NC(=O)C(C)Sc2nc3cc(C)ncc3[nH]2)cc1O.Cc1cc2[nH]c(=S)[nH]c2cn1.O=CO[O-].[H-].[K+].[K+]. The summed E-state index contributed by atoms with van der Waals surface area (Å²) in [4.78, 5) is 66.6. The molecule has 0 spiro atoms. The third-order valence-electron chi connectivity index (χ3n) is 8.49. The average molecular weight is 1160 g/mol. The van der Waals surface area contributed by atoms with Gasteiger partial charge >= 0.3 is 103 Å². The number of imidazole rings is 2.